The summed E-state index contributed by atoms with van der Waals surface area (Å²) in [6, 6.07) is 14.5. The van der Waals surface area contributed by atoms with Crippen molar-refractivity contribution < 1.29 is 9.13 Å². The first-order valence-corrected chi connectivity index (χ1v) is 10.8. The summed E-state index contributed by atoms with van der Waals surface area (Å²) in [4.78, 5) is 6.85. The number of nitrogens with zero attached hydrogens (tertiary/aromatic N) is 2. The Balaban J connectivity index is 1.52. The molecule has 2 aromatic rings. The molecule has 5 heteroatoms. The van der Waals surface area contributed by atoms with Gasteiger partial charge in [-0.3, -0.25) is 0 Å². The fraction of sp³-hybridized carbons (Fsp3) is 0.458. The third-order valence-electron chi connectivity index (χ3n) is 6.62. The number of hydrogen-bond donors (Lipinski definition) is 1. The lowest BCUT2D eigenvalue weighted by Gasteiger charge is -2.38. The normalized spacial score (nSPS) is 24.3. The van der Waals surface area contributed by atoms with E-state index in [9.17, 15) is 4.39 Å². The summed E-state index contributed by atoms with van der Waals surface area (Å²) >= 11 is 0. The second kappa shape index (κ2) is 7.79. The quantitative estimate of drug-likeness (QED) is 0.853. The van der Waals surface area contributed by atoms with E-state index < -0.39 is 0 Å². The molecule has 5 rings (SSSR count). The maximum atomic E-state index is 13.6. The predicted octanol–water partition coefficient (Wildman–Crippen LogP) is 4.14. The Morgan fingerprint density at radius 2 is 1.83 bits per heavy atom. The highest BCUT2D eigenvalue weighted by Crippen LogP contribution is 2.40. The van der Waals surface area contributed by atoms with Crippen LogP contribution in [-0.2, 0) is 11.2 Å². The average molecular weight is 394 g/mol. The van der Waals surface area contributed by atoms with Gasteiger partial charge in [-0.1, -0.05) is 43.2 Å². The average Bonchev–Trinajstić information content (AvgIpc) is 3.45. The van der Waals surface area contributed by atoms with Crippen LogP contribution in [0, 0.1) is 5.82 Å². The molecule has 2 heterocycles. The molecular formula is C24H28FN3O. The van der Waals surface area contributed by atoms with Crippen molar-refractivity contribution in [1.82, 2.24) is 4.90 Å². The van der Waals surface area contributed by atoms with Gasteiger partial charge in [0, 0.05) is 13.1 Å². The van der Waals surface area contributed by atoms with Gasteiger partial charge in [0.1, 0.15) is 11.9 Å². The smallest absolute Gasteiger partial charge is 0.288 e. The first-order valence-electron chi connectivity index (χ1n) is 10.8. The highest BCUT2D eigenvalue weighted by atomic mass is 19.1. The van der Waals surface area contributed by atoms with E-state index in [1.54, 1.807) is 0 Å². The monoisotopic (exact) mass is 393 g/mol. The summed E-state index contributed by atoms with van der Waals surface area (Å²) in [6.07, 6.45) is 6.20. The van der Waals surface area contributed by atoms with Gasteiger partial charge in [-0.25, -0.2) is 9.38 Å². The lowest BCUT2D eigenvalue weighted by molar-refractivity contribution is 0.173. The molecular weight excluding hydrogens is 365 g/mol. The molecule has 0 amide bonds. The third-order valence-corrected chi connectivity index (χ3v) is 6.62. The Kier molecular flexibility index (Phi) is 5.00. The molecule has 2 N–H and O–H groups in total. The van der Waals surface area contributed by atoms with Gasteiger partial charge in [0.2, 0.25) is 0 Å². The summed E-state index contributed by atoms with van der Waals surface area (Å²) < 4.78 is 19.6. The van der Waals surface area contributed by atoms with Gasteiger partial charge < -0.3 is 15.4 Å². The number of ether oxygens (including phenoxy) is 1. The van der Waals surface area contributed by atoms with E-state index in [0.29, 0.717) is 25.0 Å². The largest absolute Gasteiger partial charge is 0.458 e. The number of benzene rings is 2. The van der Waals surface area contributed by atoms with Gasteiger partial charge >= 0.3 is 0 Å². The summed E-state index contributed by atoms with van der Waals surface area (Å²) in [5, 5.41) is 0. The zero-order chi connectivity index (χ0) is 19.8. The van der Waals surface area contributed by atoms with Crippen LogP contribution in [0.4, 0.5) is 4.39 Å². The summed E-state index contributed by atoms with van der Waals surface area (Å²) in [7, 11) is 0. The van der Waals surface area contributed by atoms with Crippen LogP contribution in [0.3, 0.4) is 0 Å². The van der Waals surface area contributed by atoms with Crippen molar-refractivity contribution in [2.45, 2.75) is 50.2 Å². The van der Waals surface area contributed by atoms with Crippen molar-refractivity contribution in [3.05, 3.63) is 70.5 Å². The molecule has 1 fully saturated rings. The molecule has 2 atom stereocenters. The molecule has 1 aliphatic carbocycles. The van der Waals surface area contributed by atoms with Gasteiger partial charge in [0.05, 0.1) is 12.6 Å². The zero-order valence-corrected chi connectivity index (χ0v) is 16.7. The highest BCUT2D eigenvalue weighted by molar-refractivity contribution is 5.77. The number of fused-ring (bicyclic) bond motifs is 1. The maximum Gasteiger partial charge on any atom is 0.288 e. The Bertz CT molecular complexity index is 905. The second-order valence-corrected chi connectivity index (χ2v) is 8.44. The van der Waals surface area contributed by atoms with Crippen molar-refractivity contribution in [2.24, 2.45) is 10.7 Å². The minimum absolute atomic E-state index is 0.0211. The summed E-state index contributed by atoms with van der Waals surface area (Å²) in [6.45, 7) is 1.90. The third kappa shape index (κ3) is 3.52. The van der Waals surface area contributed by atoms with E-state index in [-0.39, 0.29) is 18.0 Å². The van der Waals surface area contributed by atoms with Crippen LogP contribution in [0.25, 0.3) is 0 Å². The molecule has 0 unspecified atom stereocenters. The molecule has 0 spiro atoms. The zero-order valence-electron chi connectivity index (χ0n) is 16.7. The van der Waals surface area contributed by atoms with Gasteiger partial charge in [-0.2, -0.15) is 0 Å². The van der Waals surface area contributed by atoms with Gasteiger partial charge in [0.15, 0.2) is 0 Å². The Morgan fingerprint density at radius 3 is 2.55 bits per heavy atom. The number of aliphatic imine (C=N–C) groups is 1. The highest BCUT2D eigenvalue weighted by Gasteiger charge is 2.35. The van der Waals surface area contributed by atoms with Crippen LogP contribution in [0.2, 0.25) is 0 Å². The topological polar surface area (TPSA) is 50.8 Å². The van der Waals surface area contributed by atoms with E-state index in [0.717, 1.165) is 18.5 Å². The molecule has 4 nitrogen and oxygen atoms in total. The number of amidine groups is 1. The number of halogens is 1. The first kappa shape index (κ1) is 18.6. The van der Waals surface area contributed by atoms with Crippen LogP contribution >= 0.6 is 0 Å². The second-order valence-electron chi connectivity index (χ2n) is 8.44. The molecule has 0 bridgehead atoms. The Morgan fingerprint density at radius 1 is 1.07 bits per heavy atom. The number of hydrogen-bond acceptors (Lipinski definition) is 4. The molecule has 1 saturated carbocycles. The van der Waals surface area contributed by atoms with Crippen molar-refractivity contribution in [3.63, 3.8) is 0 Å². The standard InChI is InChI=1S/C24H28FN3O/c25-20-8-5-17(6-9-20)23-22-10-7-18(16-3-1-2-4-16)13-19(22)11-12-28(23)24-27-15-21(14-26)29-24/h5-10,13,16,21,23H,1-4,11-12,14-15,26H2/t21-,23-/m0/s1. The van der Waals surface area contributed by atoms with Crippen LogP contribution in [0.15, 0.2) is 47.5 Å². The molecule has 3 aliphatic rings. The van der Waals surface area contributed by atoms with Crippen LogP contribution in [0.1, 0.15) is 59.9 Å². The van der Waals surface area contributed by atoms with Crippen molar-refractivity contribution in [3.8, 4) is 0 Å². The van der Waals surface area contributed by atoms with Crippen LogP contribution in [-0.4, -0.2) is 36.7 Å². The molecule has 0 saturated heterocycles. The molecule has 0 radical (unpaired) electrons. The fourth-order valence-electron chi connectivity index (χ4n) is 5.06. The van der Waals surface area contributed by atoms with E-state index in [4.69, 9.17) is 10.5 Å². The van der Waals surface area contributed by atoms with E-state index in [1.165, 1.54) is 54.5 Å². The lowest BCUT2D eigenvalue weighted by atomic mass is 9.85. The number of rotatable bonds is 3. The van der Waals surface area contributed by atoms with Crippen LogP contribution < -0.4 is 5.73 Å². The van der Waals surface area contributed by atoms with E-state index in [1.807, 2.05) is 12.1 Å². The Labute approximate surface area is 171 Å². The minimum atomic E-state index is -0.217. The molecule has 0 aromatic heterocycles. The maximum absolute atomic E-state index is 13.6. The van der Waals surface area contributed by atoms with Gasteiger partial charge in [-0.05, 0) is 59.6 Å². The molecule has 29 heavy (non-hydrogen) atoms. The fourth-order valence-corrected chi connectivity index (χ4v) is 5.06. The van der Waals surface area contributed by atoms with Gasteiger partial charge in [0.25, 0.3) is 6.02 Å². The Hall–Kier alpha value is -2.40. The van der Waals surface area contributed by atoms with Gasteiger partial charge in [-0.15, -0.1) is 0 Å². The summed E-state index contributed by atoms with van der Waals surface area (Å²) in [5.41, 5.74) is 11.0. The van der Waals surface area contributed by atoms with Crippen molar-refractivity contribution in [1.29, 1.82) is 0 Å². The van der Waals surface area contributed by atoms with Crippen LogP contribution in [0.5, 0.6) is 0 Å². The first-order chi connectivity index (χ1) is 14.2. The molecule has 152 valence electrons. The SMILES string of the molecule is NC[C@H]1CN=C(N2CCc3cc(C4CCCC4)ccc3[C@@H]2c2ccc(F)cc2)O1. The molecule has 2 aliphatic heterocycles. The van der Waals surface area contributed by atoms with Crippen molar-refractivity contribution in [2.75, 3.05) is 19.6 Å². The van der Waals surface area contributed by atoms with E-state index >= 15 is 0 Å². The van der Waals surface area contributed by atoms with E-state index in [2.05, 4.69) is 28.1 Å². The predicted molar refractivity (Wildman–Crippen MR) is 113 cm³/mol. The molecule has 2 aromatic carbocycles. The van der Waals surface area contributed by atoms with Crippen molar-refractivity contribution >= 4 is 6.02 Å². The summed E-state index contributed by atoms with van der Waals surface area (Å²) in [5.74, 6) is 0.487. The lowest BCUT2D eigenvalue weighted by Crippen LogP contribution is -2.42. The minimum Gasteiger partial charge on any atom is -0.458 e. The number of nitrogens with two attached hydrogens (primary N) is 1.